The van der Waals surface area contributed by atoms with Crippen LogP contribution >= 0.6 is 27.5 Å². The molecule has 0 spiro atoms. The zero-order valence-electron chi connectivity index (χ0n) is 11.0. The Morgan fingerprint density at radius 2 is 2.00 bits per heavy atom. The number of nitrogens with zero attached hydrogens (tertiary/aromatic N) is 2. The summed E-state index contributed by atoms with van der Waals surface area (Å²) in [6.45, 7) is 1.66. The van der Waals surface area contributed by atoms with Crippen molar-refractivity contribution in [2.45, 2.75) is 12.8 Å². The van der Waals surface area contributed by atoms with Crippen LogP contribution in [0.25, 0.3) is 16.7 Å². The number of rotatable bonds is 2. The highest BCUT2D eigenvalue weighted by Crippen LogP contribution is 2.31. The molecule has 0 bridgehead atoms. The third-order valence-electron chi connectivity index (χ3n) is 3.29. The Morgan fingerprint density at radius 3 is 2.67 bits per heavy atom. The largest absolute Gasteiger partial charge is 0.291 e. The fraction of sp³-hybridized carbons (Fsp3) is 0.133. The van der Waals surface area contributed by atoms with Crippen LogP contribution in [0.3, 0.4) is 0 Å². The van der Waals surface area contributed by atoms with Crippen molar-refractivity contribution in [1.29, 1.82) is 0 Å². The molecule has 0 fully saturated rings. The second-order valence-electron chi connectivity index (χ2n) is 4.66. The van der Waals surface area contributed by atoms with Crippen molar-refractivity contribution in [2.75, 3.05) is 0 Å². The summed E-state index contributed by atoms with van der Waals surface area (Å²) >= 11 is 9.27. The van der Waals surface area contributed by atoms with Gasteiger partial charge >= 0.3 is 0 Å². The molecule has 0 unspecified atom stereocenters. The predicted molar refractivity (Wildman–Crippen MR) is 83.0 cm³/mol. The molecule has 0 amide bonds. The van der Waals surface area contributed by atoms with Crippen molar-refractivity contribution in [1.82, 2.24) is 9.55 Å². The van der Waals surface area contributed by atoms with Crippen LogP contribution in [0.2, 0.25) is 0 Å². The molecule has 0 radical (unpaired) electrons. The van der Waals surface area contributed by atoms with Gasteiger partial charge in [-0.15, -0.1) is 11.6 Å². The van der Waals surface area contributed by atoms with Gasteiger partial charge in [-0.05, 0) is 46.6 Å². The standard InChI is InChI=1S/C15H10BrClF2N2/c1-8-5-13-12(6-11(8)19)20-14(7-17)21(13)15-9(16)3-2-4-10(15)18/h2-6H,7H2,1H3. The van der Waals surface area contributed by atoms with Gasteiger partial charge in [0.05, 0.1) is 22.6 Å². The highest BCUT2D eigenvalue weighted by molar-refractivity contribution is 9.10. The van der Waals surface area contributed by atoms with Crippen molar-refractivity contribution >= 4 is 38.6 Å². The van der Waals surface area contributed by atoms with E-state index < -0.39 is 5.82 Å². The number of hydrogen-bond acceptors (Lipinski definition) is 1. The highest BCUT2D eigenvalue weighted by atomic mass is 79.9. The lowest BCUT2D eigenvalue weighted by atomic mass is 10.2. The molecule has 108 valence electrons. The van der Waals surface area contributed by atoms with E-state index >= 15 is 0 Å². The lowest BCUT2D eigenvalue weighted by Crippen LogP contribution is -2.03. The van der Waals surface area contributed by atoms with Gasteiger partial charge in [0.25, 0.3) is 0 Å². The normalized spacial score (nSPS) is 11.3. The van der Waals surface area contributed by atoms with Gasteiger partial charge in [0, 0.05) is 10.5 Å². The Hall–Kier alpha value is -1.46. The molecule has 0 aliphatic heterocycles. The van der Waals surface area contributed by atoms with E-state index in [9.17, 15) is 8.78 Å². The zero-order chi connectivity index (χ0) is 15.1. The van der Waals surface area contributed by atoms with Gasteiger partial charge in [0.15, 0.2) is 0 Å². The van der Waals surface area contributed by atoms with Crippen LogP contribution in [0.5, 0.6) is 0 Å². The van der Waals surface area contributed by atoms with Crippen LogP contribution in [0, 0.1) is 18.6 Å². The highest BCUT2D eigenvalue weighted by Gasteiger charge is 2.18. The lowest BCUT2D eigenvalue weighted by molar-refractivity contribution is 0.616. The van der Waals surface area contributed by atoms with Crippen LogP contribution in [-0.2, 0) is 5.88 Å². The topological polar surface area (TPSA) is 17.8 Å². The number of aryl methyl sites for hydroxylation is 1. The van der Waals surface area contributed by atoms with Crippen LogP contribution < -0.4 is 0 Å². The molecule has 0 aliphatic rings. The molecular weight excluding hydrogens is 362 g/mol. The van der Waals surface area contributed by atoms with Gasteiger partial charge in [-0.2, -0.15) is 0 Å². The number of aromatic nitrogens is 2. The van der Waals surface area contributed by atoms with Gasteiger partial charge in [0.2, 0.25) is 0 Å². The van der Waals surface area contributed by atoms with Crippen LogP contribution in [0.1, 0.15) is 11.4 Å². The first-order valence-electron chi connectivity index (χ1n) is 6.20. The van der Waals surface area contributed by atoms with E-state index in [0.29, 0.717) is 32.6 Å². The first-order chi connectivity index (χ1) is 10.0. The summed E-state index contributed by atoms with van der Waals surface area (Å²) in [6, 6.07) is 7.69. The summed E-state index contributed by atoms with van der Waals surface area (Å²) < 4.78 is 30.1. The molecule has 3 rings (SSSR count). The molecule has 0 saturated carbocycles. The number of halogens is 4. The summed E-state index contributed by atoms with van der Waals surface area (Å²) in [4.78, 5) is 4.30. The first-order valence-corrected chi connectivity index (χ1v) is 7.53. The SMILES string of the molecule is Cc1cc2c(cc1F)nc(CCl)n2-c1c(F)cccc1Br. The molecule has 1 heterocycles. The number of fused-ring (bicyclic) bond motifs is 1. The Balaban J connectivity index is 2.43. The van der Waals surface area contributed by atoms with E-state index in [1.165, 1.54) is 12.1 Å². The Labute approximate surface area is 133 Å². The summed E-state index contributed by atoms with van der Waals surface area (Å²) in [5, 5.41) is 0. The summed E-state index contributed by atoms with van der Waals surface area (Å²) in [6.07, 6.45) is 0. The van der Waals surface area contributed by atoms with Gasteiger partial charge < -0.3 is 0 Å². The molecule has 0 saturated heterocycles. The zero-order valence-corrected chi connectivity index (χ0v) is 13.3. The molecule has 0 aliphatic carbocycles. The lowest BCUT2D eigenvalue weighted by Gasteiger charge is -2.11. The van der Waals surface area contributed by atoms with Gasteiger partial charge in [-0.3, -0.25) is 4.57 Å². The van der Waals surface area contributed by atoms with Crippen LogP contribution in [0.4, 0.5) is 8.78 Å². The molecule has 1 aromatic heterocycles. The van der Waals surface area contributed by atoms with E-state index in [1.807, 2.05) is 0 Å². The van der Waals surface area contributed by atoms with Crippen LogP contribution in [0.15, 0.2) is 34.8 Å². The minimum atomic E-state index is -0.406. The van der Waals surface area contributed by atoms with E-state index in [2.05, 4.69) is 20.9 Å². The predicted octanol–water partition coefficient (Wildman–Crippen LogP) is 5.11. The number of alkyl halides is 1. The van der Waals surface area contributed by atoms with Crippen molar-refractivity contribution < 1.29 is 8.78 Å². The fourth-order valence-corrected chi connectivity index (χ4v) is 2.99. The second-order valence-corrected chi connectivity index (χ2v) is 5.78. The molecule has 2 nitrogen and oxygen atoms in total. The average molecular weight is 372 g/mol. The maximum atomic E-state index is 14.2. The Kier molecular flexibility index (Phi) is 3.71. The molecule has 0 N–H and O–H groups in total. The number of imidazole rings is 1. The number of para-hydroxylation sites is 1. The summed E-state index contributed by atoms with van der Waals surface area (Å²) in [5.74, 6) is -0.198. The molecule has 3 aromatic rings. The van der Waals surface area contributed by atoms with E-state index in [0.717, 1.165) is 0 Å². The summed E-state index contributed by atoms with van der Waals surface area (Å²) in [7, 11) is 0. The molecule has 2 aromatic carbocycles. The molecular formula is C15H10BrClF2N2. The average Bonchev–Trinajstić information content (AvgIpc) is 2.77. The number of benzene rings is 2. The fourth-order valence-electron chi connectivity index (χ4n) is 2.29. The van der Waals surface area contributed by atoms with E-state index in [-0.39, 0.29) is 11.7 Å². The monoisotopic (exact) mass is 370 g/mol. The second kappa shape index (κ2) is 5.39. The van der Waals surface area contributed by atoms with Gasteiger partial charge in [0.1, 0.15) is 17.5 Å². The Morgan fingerprint density at radius 1 is 1.24 bits per heavy atom. The maximum absolute atomic E-state index is 14.2. The van der Waals surface area contributed by atoms with Crippen LogP contribution in [-0.4, -0.2) is 9.55 Å². The number of hydrogen-bond donors (Lipinski definition) is 0. The smallest absolute Gasteiger partial charge is 0.148 e. The molecule has 0 atom stereocenters. The minimum Gasteiger partial charge on any atom is -0.291 e. The quantitative estimate of drug-likeness (QED) is 0.572. The third kappa shape index (κ3) is 2.34. The van der Waals surface area contributed by atoms with Crippen molar-refractivity contribution in [3.63, 3.8) is 0 Å². The van der Waals surface area contributed by atoms with Gasteiger partial charge in [-0.1, -0.05) is 6.07 Å². The maximum Gasteiger partial charge on any atom is 0.148 e. The van der Waals surface area contributed by atoms with E-state index in [4.69, 9.17) is 11.6 Å². The summed E-state index contributed by atoms with van der Waals surface area (Å²) in [5.41, 5.74) is 1.86. The van der Waals surface area contributed by atoms with Crippen molar-refractivity contribution in [3.8, 4) is 5.69 Å². The van der Waals surface area contributed by atoms with E-state index in [1.54, 1.807) is 29.7 Å². The third-order valence-corrected chi connectivity index (χ3v) is 4.16. The molecule has 21 heavy (non-hydrogen) atoms. The minimum absolute atomic E-state index is 0.0934. The Bertz CT molecular complexity index is 825. The first kappa shape index (κ1) is 14.5. The van der Waals surface area contributed by atoms with Crippen molar-refractivity contribution in [2.24, 2.45) is 0 Å². The van der Waals surface area contributed by atoms with Crippen molar-refractivity contribution in [3.05, 3.63) is 57.8 Å². The van der Waals surface area contributed by atoms with Gasteiger partial charge in [-0.25, -0.2) is 13.8 Å². The molecule has 6 heteroatoms.